The summed E-state index contributed by atoms with van der Waals surface area (Å²) in [6.45, 7) is 9.90. The zero-order chi connectivity index (χ0) is 24.6. The molecule has 1 aromatic heterocycles. The molecule has 0 saturated heterocycles. The van der Waals surface area contributed by atoms with Crippen LogP contribution >= 0.6 is 0 Å². The molecule has 0 aliphatic carbocycles. The van der Waals surface area contributed by atoms with Gasteiger partial charge in [0.1, 0.15) is 18.2 Å². The minimum Gasteiger partial charge on any atom is -0.493 e. The van der Waals surface area contributed by atoms with Gasteiger partial charge in [-0.25, -0.2) is 4.98 Å². The number of fused-ring (bicyclic) bond motifs is 1. The molecule has 5 nitrogen and oxygen atoms in total. The van der Waals surface area contributed by atoms with Gasteiger partial charge in [-0.05, 0) is 74.1 Å². The Bertz CT molecular complexity index is 1270. The molecule has 3 aromatic carbocycles. The topological polar surface area (TPSA) is 45.5 Å². The molecule has 0 saturated carbocycles. The highest BCUT2D eigenvalue weighted by molar-refractivity contribution is 5.75. The lowest BCUT2D eigenvalue weighted by molar-refractivity contribution is 0.269. The molecule has 0 aliphatic rings. The number of hydrogen-bond acceptors (Lipinski definition) is 4. The normalized spacial score (nSPS) is 10.9. The van der Waals surface area contributed by atoms with Crippen molar-refractivity contribution < 1.29 is 14.2 Å². The number of allylic oxidation sites excluding steroid dienone is 1. The maximum absolute atomic E-state index is 6.17. The van der Waals surface area contributed by atoms with Crippen molar-refractivity contribution in [3.8, 4) is 17.2 Å². The number of ether oxygens (including phenoxy) is 3. The molecule has 0 spiro atoms. The predicted molar refractivity (Wildman–Crippen MR) is 142 cm³/mol. The molecule has 1 heterocycles. The van der Waals surface area contributed by atoms with Crippen LogP contribution in [-0.4, -0.2) is 23.3 Å². The van der Waals surface area contributed by atoms with Gasteiger partial charge < -0.3 is 18.8 Å². The summed E-state index contributed by atoms with van der Waals surface area (Å²) < 4.78 is 20.1. The van der Waals surface area contributed by atoms with Gasteiger partial charge in [-0.15, -0.1) is 6.58 Å². The van der Waals surface area contributed by atoms with E-state index in [1.54, 1.807) is 7.11 Å². The van der Waals surface area contributed by atoms with Crippen LogP contribution < -0.4 is 14.2 Å². The number of hydrogen-bond donors (Lipinski definition) is 0. The zero-order valence-corrected chi connectivity index (χ0v) is 20.9. The molecule has 0 N–H and O–H groups in total. The third kappa shape index (κ3) is 5.86. The molecule has 0 unspecified atom stereocenters. The Morgan fingerprint density at radius 2 is 1.71 bits per heavy atom. The molecular weight excluding hydrogens is 436 g/mol. The van der Waals surface area contributed by atoms with Crippen molar-refractivity contribution >= 4 is 11.0 Å². The van der Waals surface area contributed by atoms with E-state index in [4.69, 9.17) is 19.2 Å². The number of rotatable bonds is 12. The van der Waals surface area contributed by atoms with Gasteiger partial charge in [0.15, 0.2) is 11.5 Å². The second kappa shape index (κ2) is 11.6. The van der Waals surface area contributed by atoms with Gasteiger partial charge in [0.05, 0.1) is 24.8 Å². The molecule has 35 heavy (non-hydrogen) atoms. The Balaban J connectivity index is 1.42. The molecule has 4 rings (SSSR count). The molecule has 0 radical (unpaired) electrons. The second-order valence-corrected chi connectivity index (χ2v) is 8.71. The summed E-state index contributed by atoms with van der Waals surface area (Å²) in [6.07, 6.45) is 4.61. The fourth-order valence-electron chi connectivity index (χ4n) is 4.33. The van der Waals surface area contributed by atoms with Crippen LogP contribution in [-0.2, 0) is 19.6 Å². The Kier molecular flexibility index (Phi) is 8.09. The number of methoxy groups -OCH3 is 1. The summed E-state index contributed by atoms with van der Waals surface area (Å²) in [5, 5.41) is 0. The molecule has 0 fully saturated rings. The van der Waals surface area contributed by atoms with E-state index in [2.05, 4.69) is 55.3 Å². The lowest BCUT2D eigenvalue weighted by Gasteiger charge is -2.14. The van der Waals surface area contributed by atoms with Gasteiger partial charge in [0, 0.05) is 6.54 Å². The largest absolute Gasteiger partial charge is 0.493 e. The third-order valence-electron chi connectivity index (χ3n) is 6.13. The zero-order valence-electron chi connectivity index (χ0n) is 20.9. The minimum absolute atomic E-state index is 0.366. The summed E-state index contributed by atoms with van der Waals surface area (Å²) >= 11 is 0. The summed E-state index contributed by atoms with van der Waals surface area (Å²) in [5.74, 6) is 3.33. The van der Waals surface area contributed by atoms with Crippen LogP contribution in [0.1, 0.15) is 35.4 Å². The lowest BCUT2D eigenvalue weighted by atomic mass is 10.1. The van der Waals surface area contributed by atoms with E-state index >= 15 is 0 Å². The molecule has 0 aliphatic heterocycles. The van der Waals surface area contributed by atoms with Crippen LogP contribution in [0.5, 0.6) is 17.2 Å². The van der Waals surface area contributed by atoms with Gasteiger partial charge in [-0.1, -0.05) is 42.5 Å². The Morgan fingerprint density at radius 1 is 0.914 bits per heavy atom. The predicted octanol–water partition coefficient (Wildman–Crippen LogP) is 6.83. The summed E-state index contributed by atoms with van der Waals surface area (Å²) in [5.41, 5.74) is 5.59. The van der Waals surface area contributed by atoms with Crippen molar-refractivity contribution in [3.05, 3.63) is 95.8 Å². The van der Waals surface area contributed by atoms with E-state index in [-0.39, 0.29) is 0 Å². The van der Waals surface area contributed by atoms with E-state index in [0.717, 1.165) is 59.7 Å². The summed E-state index contributed by atoms with van der Waals surface area (Å²) in [7, 11) is 1.66. The van der Waals surface area contributed by atoms with Gasteiger partial charge in [0.25, 0.3) is 0 Å². The van der Waals surface area contributed by atoms with Crippen LogP contribution in [0.2, 0.25) is 0 Å². The number of unbranched alkanes of at least 4 members (excludes halogenated alkanes) is 1. The standard InChI is InChI=1S/C30H34N2O3/c1-5-11-24-16-17-27(28(20-24)33-4)35-21-29-31-25-14-6-7-15-26(25)32(29)18-8-9-19-34-30-22(2)12-10-13-23(30)3/h5-7,10,12-17,20H,1,8-9,11,18-19,21H2,2-4H3. The number of benzene rings is 3. The Morgan fingerprint density at radius 3 is 2.49 bits per heavy atom. The van der Waals surface area contributed by atoms with E-state index in [1.165, 1.54) is 11.1 Å². The Labute approximate surface area is 208 Å². The molecule has 0 atom stereocenters. The quantitative estimate of drug-likeness (QED) is 0.168. The highest BCUT2D eigenvalue weighted by Crippen LogP contribution is 2.29. The van der Waals surface area contributed by atoms with Gasteiger partial charge in [-0.3, -0.25) is 0 Å². The van der Waals surface area contributed by atoms with Crippen molar-refractivity contribution in [1.29, 1.82) is 0 Å². The van der Waals surface area contributed by atoms with Crippen LogP contribution in [0.15, 0.2) is 73.3 Å². The van der Waals surface area contributed by atoms with E-state index in [9.17, 15) is 0 Å². The fraction of sp³-hybridized carbons (Fsp3) is 0.300. The molecule has 182 valence electrons. The highest BCUT2D eigenvalue weighted by Gasteiger charge is 2.13. The second-order valence-electron chi connectivity index (χ2n) is 8.71. The fourth-order valence-corrected chi connectivity index (χ4v) is 4.33. The summed E-state index contributed by atoms with van der Waals surface area (Å²) in [6, 6.07) is 20.5. The van der Waals surface area contributed by atoms with E-state index in [1.807, 2.05) is 36.4 Å². The van der Waals surface area contributed by atoms with Crippen LogP contribution in [0.4, 0.5) is 0 Å². The number of imidazole rings is 1. The first kappa shape index (κ1) is 24.4. The van der Waals surface area contributed by atoms with E-state index < -0.39 is 0 Å². The number of aryl methyl sites for hydroxylation is 3. The van der Waals surface area contributed by atoms with Crippen LogP contribution in [0, 0.1) is 13.8 Å². The lowest BCUT2D eigenvalue weighted by Crippen LogP contribution is -2.09. The first-order valence-electron chi connectivity index (χ1n) is 12.1. The number of para-hydroxylation sites is 3. The minimum atomic E-state index is 0.366. The SMILES string of the molecule is C=CCc1ccc(OCc2nc3ccccc3n2CCCCOc2c(C)cccc2C)c(OC)c1. The average Bonchev–Trinajstić information content (AvgIpc) is 3.22. The maximum atomic E-state index is 6.17. The van der Waals surface area contributed by atoms with Crippen molar-refractivity contribution in [2.75, 3.05) is 13.7 Å². The molecule has 0 bridgehead atoms. The Hall–Kier alpha value is -3.73. The van der Waals surface area contributed by atoms with Gasteiger partial charge in [-0.2, -0.15) is 0 Å². The average molecular weight is 471 g/mol. The molecular formula is C30H34N2O3. The molecule has 5 heteroatoms. The van der Waals surface area contributed by atoms with Crippen molar-refractivity contribution in [2.45, 2.75) is 46.3 Å². The molecule has 4 aromatic rings. The van der Waals surface area contributed by atoms with Crippen molar-refractivity contribution in [1.82, 2.24) is 9.55 Å². The van der Waals surface area contributed by atoms with Crippen LogP contribution in [0.25, 0.3) is 11.0 Å². The number of nitrogens with zero attached hydrogens (tertiary/aromatic N) is 2. The number of aromatic nitrogens is 2. The van der Waals surface area contributed by atoms with Crippen molar-refractivity contribution in [3.63, 3.8) is 0 Å². The van der Waals surface area contributed by atoms with Crippen LogP contribution in [0.3, 0.4) is 0 Å². The third-order valence-corrected chi connectivity index (χ3v) is 6.13. The molecule has 0 amide bonds. The van der Waals surface area contributed by atoms with Gasteiger partial charge >= 0.3 is 0 Å². The van der Waals surface area contributed by atoms with E-state index in [0.29, 0.717) is 19.0 Å². The maximum Gasteiger partial charge on any atom is 0.161 e. The first-order valence-corrected chi connectivity index (χ1v) is 12.1. The smallest absolute Gasteiger partial charge is 0.161 e. The van der Waals surface area contributed by atoms with Gasteiger partial charge in [0.2, 0.25) is 0 Å². The first-order chi connectivity index (χ1) is 17.1. The highest BCUT2D eigenvalue weighted by atomic mass is 16.5. The summed E-state index contributed by atoms with van der Waals surface area (Å²) in [4.78, 5) is 4.85. The monoisotopic (exact) mass is 470 g/mol. The van der Waals surface area contributed by atoms with Crippen molar-refractivity contribution in [2.24, 2.45) is 0 Å².